The highest BCUT2D eigenvalue weighted by Gasteiger charge is 2.28. The fourth-order valence-electron chi connectivity index (χ4n) is 5.00. The van der Waals surface area contributed by atoms with E-state index in [9.17, 15) is 4.57 Å². The van der Waals surface area contributed by atoms with Crippen LogP contribution in [0.3, 0.4) is 0 Å². The van der Waals surface area contributed by atoms with Gasteiger partial charge in [0.25, 0.3) is 0 Å². The van der Waals surface area contributed by atoms with Crippen LogP contribution in [0.25, 0.3) is 22.2 Å². The van der Waals surface area contributed by atoms with Crippen LogP contribution in [-0.4, -0.2) is 37.1 Å². The summed E-state index contributed by atoms with van der Waals surface area (Å²) in [5.74, 6) is 0.876. The molecule has 1 aliphatic heterocycles. The van der Waals surface area contributed by atoms with Gasteiger partial charge in [0.2, 0.25) is 0 Å². The van der Waals surface area contributed by atoms with Crippen molar-refractivity contribution >= 4 is 30.0 Å². The van der Waals surface area contributed by atoms with Crippen LogP contribution >= 0.6 is 7.75 Å². The zero-order valence-electron chi connectivity index (χ0n) is 21.1. The van der Waals surface area contributed by atoms with E-state index < -0.39 is 7.75 Å². The molecule has 0 radical (unpaired) electrons. The van der Waals surface area contributed by atoms with Crippen LogP contribution in [0.5, 0.6) is 5.75 Å². The summed E-state index contributed by atoms with van der Waals surface area (Å²) < 4.78 is 37.8. The first kappa shape index (κ1) is 25.2. The van der Waals surface area contributed by atoms with E-state index in [2.05, 4.69) is 21.8 Å². The number of nitrogens with zero attached hydrogens (tertiary/aromatic N) is 1. The molecule has 9 heteroatoms. The van der Waals surface area contributed by atoms with Crippen molar-refractivity contribution < 1.29 is 23.1 Å². The molecule has 2 aliphatic rings. The van der Waals surface area contributed by atoms with Gasteiger partial charge >= 0.3 is 7.75 Å². The first-order valence-electron chi connectivity index (χ1n) is 13.0. The van der Waals surface area contributed by atoms with Crippen molar-refractivity contribution in [3.8, 4) is 17.0 Å². The molecule has 36 heavy (non-hydrogen) atoms. The Bertz CT molecular complexity index is 1220. The first-order chi connectivity index (χ1) is 17.5. The number of nitrogens with one attached hydrogen (secondary N) is 1. The van der Waals surface area contributed by atoms with Gasteiger partial charge in [0, 0.05) is 41.6 Å². The number of rotatable bonds is 10. The molecule has 2 aromatic carbocycles. The van der Waals surface area contributed by atoms with Gasteiger partial charge in [-0.15, -0.1) is 0 Å². The van der Waals surface area contributed by atoms with Crippen molar-refractivity contribution in [2.45, 2.75) is 58.1 Å². The molecule has 5 rings (SSSR count). The minimum Gasteiger partial charge on any atom is -0.490 e. The summed E-state index contributed by atoms with van der Waals surface area (Å²) in [6, 6.07) is 14.4. The molecular weight excluding hydrogens is 477 g/mol. The normalized spacial score (nSPS) is 17.3. The summed E-state index contributed by atoms with van der Waals surface area (Å²) in [6.07, 6.45) is 5.49. The van der Waals surface area contributed by atoms with Gasteiger partial charge in [-0.05, 0) is 57.4 Å². The van der Waals surface area contributed by atoms with Crippen LogP contribution < -0.4 is 15.6 Å². The van der Waals surface area contributed by atoms with Gasteiger partial charge in [-0.2, -0.15) is 0 Å². The minimum absolute atomic E-state index is 0.185. The number of ether oxygens (including phenoxy) is 2. The Balaban J connectivity index is 1.48. The highest BCUT2D eigenvalue weighted by Crippen LogP contribution is 2.49. The highest BCUT2D eigenvalue weighted by atomic mass is 31.2. The Morgan fingerprint density at radius 3 is 2.33 bits per heavy atom. The molecule has 0 spiro atoms. The van der Waals surface area contributed by atoms with Crippen molar-refractivity contribution in [2.75, 3.05) is 37.2 Å². The molecule has 0 bridgehead atoms. The summed E-state index contributed by atoms with van der Waals surface area (Å²) in [4.78, 5) is 0. The molecular formula is C27H36N3O5P. The average Bonchev–Trinajstić information content (AvgIpc) is 3.11. The van der Waals surface area contributed by atoms with E-state index in [1.165, 1.54) is 6.42 Å². The molecule has 0 atom stereocenters. The lowest BCUT2D eigenvalue weighted by Gasteiger charge is -2.30. The van der Waals surface area contributed by atoms with Crippen molar-refractivity contribution in [2.24, 2.45) is 0 Å². The van der Waals surface area contributed by atoms with Crippen LogP contribution in [-0.2, 0) is 18.3 Å². The molecule has 1 saturated carbocycles. The summed E-state index contributed by atoms with van der Waals surface area (Å²) in [5.41, 5.74) is 11.3. The lowest BCUT2D eigenvalue weighted by molar-refractivity contribution is 0.0256. The van der Waals surface area contributed by atoms with Crippen molar-refractivity contribution in [1.29, 1.82) is 0 Å². The van der Waals surface area contributed by atoms with E-state index in [0.717, 1.165) is 72.5 Å². The van der Waals surface area contributed by atoms with Crippen molar-refractivity contribution in [3.05, 3.63) is 42.5 Å². The third kappa shape index (κ3) is 5.14. The summed E-state index contributed by atoms with van der Waals surface area (Å²) >= 11 is 0. The number of benzene rings is 2. The van der Waals surface area contributed by atoms with E-state index in [0.29, 0.717) is 24.9 Å². The number of aromatic nitrogens is 1. The standard InChI is InChI=1S/C27H36N3O5P/c1-3-33-36(31,34-4-2)29-20-10-8-19(9-11-20)27-26(28)24-13-12-23(35-22-14-16-32-17-15-22)18-25(24)30(27)21-6-5-7-21/h8-13,18,21-22H,3-7,14-17,28H2,1-2H3,(H,29,31). The first-order valence-corrected chi connectivity index (χ1v) is 14.5. The van der Waals surface area contributed by atoms with E-state index in [4.69, 9.17) is 24.3 Å². The molecule has 2 fully saturated rings. The molecule has 3 aromatic rings. The van der Waals surface area contributed by atoms with Gasteiger partial charge < -0.3 is 19.8 Å². The molecule has 2 heterocycles. The average molecular weight is 514 g/mol. The predicted octanol–water partition coefficient (Wildman–Crippen LogP) is 6.77. The van der Waals surface area contributed by atoms with Crippen molar-refractivity contribution in [1.82, 2.24) is 4.57 Å². The largest absolute Gasteiger partial charge is 0.490 e. The van der Waals surface area contributed by atoms with Crippen LogP contribution in [0.2, 0.25) is 0 Å². The third-order valence-electron chi connectivity index (χ3n) is 6.95. The Kier molecular flexibility index (Phi) is 7.58. The number of nitrogen functional groups attached to an aromatic ring is 1. The van der Waals surface area contributed by atoms with Crippen LogP contribution in [0.1, 0.15) is 52.0 Å². The molecule has 194 valence electrons. The van der Waals surface area contributed by atoms with E-state index in [-0.39, 0.29) is 6.10 Å². The molecule has 1 saturated heterocycles. The number of hydrogen-bond donors (Lipinski definition) is 2. The Hall–Kier alpha value is -2.51. The maximum absolute atomic E-state index is 12.9. The van der Waals surface area contributed by atoms with Gasteiger partial charge in [0.1, 0.15) is 11.9 Å². The molecule has 0 amide bonds. The van der Waals surface area contributed by atoms with E-state index in [1.807, 2.05) is 30.3 Å². The minimum atomic E-state index is -3.41. The number of anilines is 2. The summed E-state index contributed by atoms with van der Waals surface area (Å²) in [6.45, 7) is 5.66. The second-order valence-corrected chi connectivity index (χ2v) is 11.1. The Morgan fingerprint density at radius 1 is 1.03 bits per heavy atom. The van der Waals surface area contributed by atoms with E-state index >= 15 is 0 Å². The highest BCUT2D eigenvalue weighted by molar-refractivity contribution is 7.55. The van der Waals surface area contributed by atoms with Crippen LogP contribution in [0, 0.1) is 0 Å². The van der Waals surface area contributed by atoms with Crippen LogP contribution in [0.15, 0.2) is 42.5 Å². The second kappa shape index (κ2) is 10.9. The fourth-order valence-corrected chi connectivity index (χ4v) is 6.35. The fraction of sp³-hybridized carbons (Fsp3) is 0.481. The maximum atomic E-state index is 12.9. The zero-order chi connectivity index (χ0) is 25.1. The molecule has 1 aromatic heterocycles. The monoisotopic (exact) mass is 513 g/mol. The molecule has 3 N–H and O–H groups in total. The van der Waals surface area contributed by atoms with Crippen molar-refractivity contribution in [3.63, 3.8) is 0 Å². The second-order valence-electron chi connectivity index (χ2n) is 9.35. The number of nitrogens with two attached hydrogens (primary N) is 1. The maximum Gasteiger partial charge on any atom is 0.432 e. The van der Waals surface area contributed by atoms with E-state index in [1.54, 1.807) is 13.8 Å². The summed E-state index contributed by atoms with van der Waals surface area (Å²) in [5, 5.41) is 3.97. The van der Waals surface area contributed by atoms with Gasteiger partial charge in [-0.25, -0.2) is 4.57 Å². The van der Waals surface area contributed by atoms with Gasteiger partial charge in [0.05, 0.1) is 43.3 Å². The third-order valence-corrected chi connectivity index (χ3v) is 8.68. The Morgan fingerprint density at radius 2 is 1.72 bits per heavy atom. The molecule has 1 aliphatic carbocycles. The predicted molar refractivity (Wildman–Crippen MR) is 144 cm³/mol. The van der Waals surface area contributed by atoms with Gasteiger partial charge in [-0.1, -0.05) is 12.1 Å². The zero-order valence-corrected chi connectivity index (χ0v) is 22.0. The quantitative estimate of drug-likeness (QED) is 0.289. The molecule has 8 nitrogen and oxygen atoms in total. The van der Waals surface area contributed by atoms with Crippen LogP contribution in [0.4, 0.5) is 11.4 Å². The summed E-state index contributed by atoms with van der Waals surface area (Å²) in [7, 11) is -3.41. The van der Waals surface area contributed by atoms with Gasteiger partial charge in [-0.3, -0.25) is 14.1 Å². The Labute approximate surface area is 212 Å². The number of hydrogen-bond acceptors (Lipinski definition) is 6. The topological polar surface area (TPSA) is 97.0 Å². The smallest absolute Gasteiger partial charge is 0.432 e. The lowest BCUT2D eigenvalue weighted by Crippen LogP contribution is -2.25. The molecule has 0 unspecified atom stereocenters. The van der Waals surface area contributed by atoms with Gasteiger partial charge in [0.15, 0.2) is 0 Å². The number of fused-ring (bicyclic) bond motifs is 1. The SMILES string of the molecule is CCOP(=O)(Nc1ccc(-c2c(N)c3ccc(OC4CCOCC4)cc3n2C2CCC2)cc1)OCC. The lowest BCUT2D eigenvalue weighted by atomic mass is 9.92.